The van der Waals surface area contributed by atoms with Crippen molar-refractivity contribution in [1.82, 2.24) is 0 Å². The summed E-state index contributed by atoms with van der Waals surface area (Å²) in [4.78, 5) is 23.2. The molecule has 6 heteroatoms. The van der Waals surface area contributed by atoms with Gasteiger partial charge in [0.2, 0.25) is 5.91 Å². The number of aliphatic carboxylic acids is 1. The van der Waals surface area contributed by atoms with Gasteiger partial charge in [0.05, 0.1) is 5.92 Å². The number of carbonyl (C=O) groups excluding carboxylic acids is 1. The zero-order chi connectivity index (χ0) is 14.7. The summed E-state index contributed by atoms with van der Waals surface area (Å²) < 4.78 is 0. The summed E-state index contributed by atoms with van der Waals surface area (Å²) in [5.74, 6) is -1.70. The Morgan fingerprint density at radius 3 is 2.30 bits per heavy atom. The predicted molar refractivity (Wildman–Crippen MR) is 78.2 cm³/mol. The van der Waals surface area contributed by atoms with Crippen LogP contribution in [-0.2, 0) is 9.59 Å². The zero-order valence-corrected chi connectivity index (χ0v) is 12.2. The smallest absolute Gasteiger partial charge is 0.306 e. The first-order valence-electron chi connectivity index (χ1n) is 6.45. The van der Waals surface area contributed by atoms with Crippen LogP contribution >= 0.6 is 23.2 Å². The van der Waals surface area contributed by atoms with Crippen LogP contribution in [0.3, 0.4) is 0 Å². The molecule has 1 aromatic carbocycles. The van der Waals surface area contributed by atoms with E-state index in [0.29, 0.717) is 35.0 Å². The van der Waals surface area contributed by atoms with E-state index in [1.165, 1.54) is 0 Å². The van der Waals surface area contributed by atoms with Crippen LogP contribution in [0.1, 0.15) is 25.7 Å². The molecule has 2 rings (SSSR count). The predicted octanol–water partition coefficient (Wildman–Crippen LogP) is 3.82. The quantitative estimate of drug-likeness (QED) is 0.891. The van der Waals surface area contributed by atoms with Crippen LogP contribution in [0, 0.1) is 11.8 Å². The monoisotopic (exact) mass is 315 g/mol. The van der Waals surface area contributed by atoms with E-state index >= 15 is 0 Å². The van der Waals surface area contributed by atoms with Crippen molar-refractivity contribution in [3.8, 4) is 0 Å². The fraction of sp³-hybridized carbons (Fsp3) is 0.429. The Labute approximate surface area is 127 Å². The number of hydrogen-bond acceptors (Lipinski definition) is 2. The van der Waals surface area contributed by atoms with Crippen molar-refractivity contribution in [1.29, 1.82) is 0 Å². The second-order valence-corrected chi connectivity index (χ2v) is 5.92. The van der Waals surface area contributed by atoms with Crippen LogP contribution in [0.5, 0.6) is 0 Å². The molecule has 1 aliphatic carbocycles. The summed E-state index contributed by atoms with van der Waals surface area (Å²) in [5, 5.41) is 12.7. The molecule has 1 aliphatic rings. The number of carboxylic acid groups (broad SMARTS) is 1. The maximum atomic E-state index is 12.2. The average molecular weight is 316 g/mol. The fourth-order valence-corrected chi connectivity index (χ4v) is 3.05. The lowest BCUT2D eigenvalue weighted by Crippen LogP contribution is -2.30. The van der Waals surface area contributed by atoms with Crippen LogP contribution in [0.15, 0.2) is 18.2 Å². The van der Waals surface area contributed by atoms with Crippen LogP contribution in [0.4, 0.5) is 5.69 Å². The summed E-state index contributed by atoms with van der Waals surface area (Å²) >= 11 is 11.7. The molecule has 1 aromatic rings. The molecule has 1 saturated carbocycles. The van der Waals surface area contributed by atoms with Crippen molar-refractivity contribution in [2.24, 2.45) is 11.8 Å². The first-order valence-corrected chi connectivity index (χ1v) is 7.21. The number of rotatable bonds is 3. The topological polar surface area (TPSA) is 66.4 Å². The molecule has 2 N–H and O–H groups in total. The standard InChI is InChI=1S/C14H15Cl2NO3/c15-10-5-11(16)7-12(6-10)17-13(18)8-2-1-3-9(4-8)14(19)20/h5-9H,1-4H2,(H,17,18)(H,19,20). The second kappa shape index (κ2) is 6.46. The van der Waals surface area contributed by atoms with E-state index in [9.17, 15) is 9.59 Å². The number of carboxylic acids is 1. The molecule has 0 aromatic heterocycles. The van der Waals surface area contributed by atoms with Crippen LogP contribution in [-0.4, -0.2) is 17.0 Å². The van der Waals surface area contributed by atoms with Gasteiger partial charge in [0.15, 0.2) is 0 Å². The number of halogens is 2. The van der Waals surface area contributed by atoms with E-state index in [1.807, 2.05) is 0 Å². The molecule has 1 fully saturated rings. The number of nitrogens with one attached hydrogen (secondary N) is 1. The fourth-order valence-electron chi connectivity index (χ4n) is 2.52. The molecule has 0 saturated heterocycles. The lowest BCUT2D eigenvalue weighted by molar-refractivity contribution is -0.143. The van der Waals surface area contributed by atoms with Crippen molar-refractivity contribution in [3.63, 3.8) is 0 Å². The molecule has 20 heavy (non-hydrogen) atoms. The van der Waals surface area contributed by atoms with Crippen molar-refractivity contribution in [2.45, 2.75) is 25.7 Å². The molecule has 2 unspecified atom stereocenters. The van der Waals surface area contributed by atoms with Gasteiger partial charge >= 0.3 is 5.97 Å². The maximum absolute atomic E-state index is 12.2. The SMILES string of the molecule is O=C(O)C1CCCC(C(=O)Nc2cc(Cl)cc(Cl)c2)C1. The molecule has 0 heterocycles. The van der Waals surface area contributed by atoms with E-state index < -0.39 is 11.9 Å². The molecule has 108 valence electrons. The minimum atomic E-state index is -0.826. The molecule has 4 nitrogen and oxygen atoms in total. The Balaban J connectivity index is 2.02. The van der Waals surface area contributed by atoms with Crippen molar-refractivity contribution in [3.05, 3.63) is 28.2 Å². The summed E-state index contributed by atoms with van der Waals surface area (Å²) in [6, 6.07) is 4.81. The number of amides is 1. The number of anilines is 1. The van der Waals surface area contributed by atoms with Gasteiger partial charge in [-0.25, -0.2) is 0 Å². The van der Waals surface area contributed by atoms with E-state index in [-0.39, 0.29) is 11.8 Å². The van der Waals surface area contributed by atoms with Crippen molar-refractivity contribution < 1.29 is 14.7 Å². The van der Waals surface area contributed by atoms with Gasteiger partial charge < -0.3 is 10.4 Å². The zero-order valence-electron chi connectivity index (χ0n) is 10.7. The van der Waals surface area contributed by atoms with Gasteiger partial charge in [-0.15, -0.1) is 0 Å². The lowest BCUT2D eigenvalue weighted by Gasteiger charge is -2.25. The molecule has 0 spiro atoms. The van der Waals surface area contributed by atoms with Gasteiger partial charge in [-0.2, -0.15) is 0 Å². The van der Waals surface area contributed by atoms with E-state index in [4.69, 9.17) is 28.3 Å². The molecular weight excluding hydrogens is 301 g/mol. The van der Waals surface area contributed by atoms with Crippen LogP contribution < -0.4 is 5.32 Å². The third-order valence-electron chi connectivity index (χ3n) is 3.52. The van der Waals surface area contributed by atoms with Crippen molar-refractivity contribution >= 4 is 40.8 Å². The molecule has 0 radical (unpaired) electrons. The highest BCUT2D eigenvalue weighted by Gasteiger charge is 2.31. The molecule has 2 atom stereocenters. The van der Waals surface area contributed by atoms with E-state index in [1.54, 1.807) is 18.2 Å². The Kier molecular flexibility index (Phi) is 4.89. The third-order valence-corrected chi connectivity index (χ3v) is 3.96. The summed E-state index contributed by atoms with van der Waals surface area (Å²) in [7, 11) is 0. The minimum absolute atomic E-state index is 0.172. The second-order valence-electron chi connectivity index (χ2n) is 5.05. The summed E-state index contributed by atoms with van der Waals surface area (Å²) in [5.41, 5.74) is 0.532. The third kappa shape index (κ3) is 3.87. The normalized spacial score (nSPS) is 22.3. The number of carbonyl (C=O) groups is 2. The van der Waals surface area contributed by atoms with E-state index in [0.717, 1.165) is 6.42 Å². The van der Waals surface area contributed by atoms with Crippen LogP contribution in [0.2, 0.25) is 10.0 Å². The Morgan fingerprint density at radius 1 is 1.10 bits per heavy atom. The van der Waals surface area contributed by atoms with Crippen LogP contribution in [0.25, 0.3) is 0 Å². The molecule has 0 bridgehead atoms. The first kappa shape index (κ1) is 15.1. The molecule has 1 amide bonds. The highest BCUT2D eigenvalue weighted by Crippen LogP contribution is 2.30. The van der Waals surface area contributed by atoms with Gasteiger partial charge in [0, 0.05) is 21.7 Å². The Bertz CT molecular complexity index is 513. The average Bonchev–Trinajstić information content (AvgIpc) is 2.37. The summed E-state index contributed by atoms with van der Waals surface area (Å²) in [6.07, 6.45) is 2.49. The van der Waals surface area contributed by atoms with Gasteiger partial charge in [-0.05, 0) is 37.5 Å². The Hall–Kier alpha value is -1.26. The van der Waals surface area contributed by atoms with Crippen molar-refractivity contribution in [2.75, 3.05) is 5.32 Å². The van der Waals surface area contributed by atoms with E-state index in [2.05, 4.69) is 5.32 Å². The molecule has 0 aliphatic heterocycles. The highest BCUT2D eigenvalue weighted by molar-refractivity contribution is 6.35. The number of hydrogen-bond donors (Lipinski definition) is 2. The minimum Gasteiger partial charge on any atom is -0.481 e. The largest absolute Gasteiger partial charge is 0.481 e. The summed E-state index contributed by atoms with van der Waals surface area (Å²) in [6.45, 7) is 0. The van der Waals surface area contributed by atoms with Gasteiger partial charge in [0.1, 0.15) is 0 Å². The number of benzene rings is 1. The highest BCUT2D eigenvalue weighted by atomic mass is 35.5. The van der Waals surface area contributed by atoms with Gasteiger partial charge in [-0.1, -0.05) is 29.6 Å². The first-order chi connectivity index (χ1) is 9.45. The Morgan fingerprint density at radius 2 is 1.70 bits per heavy atom. The van der Waals surface area contributed by atoms with Gasteiger partial charge in [0.25, 0.3) is 0 Å². The van der Waals surface area contributed by atoms with Gasteiger partial charge in [-0.3, -0.25) is 9.59 Å². The maximum Gasteiger partial charge on any atom is 0.306 e. The molecular formula is C14H15Cl2NO3. The lowest BCUT2D eigenvalue weighted by atomic mass is 9.81.